The number of ether oxygens (including phenoxy) is 1. The molecule has 1 saturated heterocycles. The second kappa shape index (κ2) is 7.90. The van der Waals surface area contributed by atoms with Crippen molar-refractivity contribution in [1.82, 2.24) is 14.8 Å². The zero-order valence-electron chi connectivity index (χ0n) is 13.5. The van der Waals surface area contributed by atoms with Crippen LogP contribution in [0.4, 0.5) is 0 Å². The maximum Gasteiger partial charge on any atom is 0.255 e. The molecule has 1 N–H and O–H groups in total. The molecule has 1 aliphatic heterocycles. The summed E-state index contributed by atoms with van der Waals surface area (Å²) in [7, 11) is 0. The molecule has 6 heteroatoms. The number of hydrogen-bond acceptors (Lipinski definition) is 5. The van der Waals surface area contributed by atoms with Crippen molar-refractivity contribution in [3.63, 3.8) is 0 Å². The molecule has 1 aromatic carbocycles. The molecule has 0 radical (unpaired) electrons. The first kappa shape index (κ1) is 16.4. The van der Waals surface area contributed by atoms with E-state index in [0.717, 1.165) is 13.1 Å². The first-order valence-corrected chi connectivity index (χ1v) is 8.08. The molecule has 3 rings (SSSR count). The maximum absolute atomic E-state index is 12.5. The van der Waals surface area contributed by atoms with Crippen molar-refractivity contribution >= 4 is 5.91 Å². The van der Waals surface area contributed by atoms with E-state index >= 15 is 0 Å². The highest BCUT2D eigenvalue weighted by atomic mass is 16.5. The Labute approximate surface area is 141 Å². The molecule has 1 aromatic heterocycles. The minimum atomic E-state index is -0.0163. The van der Waals surface area contributed by atoms with Gasteiger partial charge in [0.1, 0.15) is 5.75 Å². The van der Waals surface area contributed by atoms with E-state index in [2.05, 4.69) is 9.88 Å². The minimum Gasteiger partial charge on any atom is -0.439 e. The van der Waals surface area contributed by atoms with Gasteiger partial charge in [-0.2, -0.15) is 0 Å². The fraction of sp³-hybridized carbons (Fsp3) is 0.333. The lowest BCUT2D eigenvalue weighted by molar-refractivity contribution is 0.0614. The van der Waals surface area contributed by atoms with Gasteiger partial charge >= 0.3 is 0 Å². The predicted octanol–water partition coefficient (Wildman–Crippen LogP) is 1.62. The molecule has 0 saturated carbocycles. The first-order valence-electron chi connectivity index (χ1n) is 8.08. The van der Waals surface area contributed by atoms with Gasteiger partial charge in [0.2, 0.25) is 5.88 Å². The Balaban J connectivity index is 1.58. The van der Waals surface area contributed by atoms with Crippen LogP contribution in [-0.4, -0.2) is 65.1 Å². The number of aliphatic hydroxyl groups excluding tert-OH is 1. The van der Waals surface area contributed by atoms with Crippen LogP contribution in [-0.2, 0) is 0 Å². The highest BCUT2D eigenvalue weighted by Gasteiger charge is 2.22. The molecule has 1 aliphatic rings. The first-order chi connectivity index (χ1) is 11.8. The van der Waals surface area contributed by atoms with Crippen LogP contribution in [0.2, 0.25) is 0 Å². The van der Waals surface area contributed by atoms with E-state index in [0.29, 0.717) is 36.8 Å². The fourth-order valence-electron chi connectivity index (χ4n) is 2.68. The lowest BCUT2D eigenvalue weighted by atomic mass is 10.2. The van der Waals surface area contributed by atoms with Gasteiger partial charge in [-0.3, -0.25) is 9.69 Å². The summed E-state index contributed by atoms with van der Waals surface area (Å²) in [5, 5.41) is 8.96. The Morgan fingerprint density at radius 1 is 1.08 bits per heavy atom. The monoisotopic (exact) mass is 327 g/mol. The summed E-state index contributed by atoms with van der Waals surface area (Å²) in [5.41, 5.74) is 0.561. The number of para-hydroxylation sites is 1. The Morgan fingerprint density at radius 3 is 2.46 bits per heavy atom. The molecule has 2 heterocycles. The van der Waals surface area contributed by atoms with Gasteiger partial charge in [0.25, 0.3) is 5.91 Å². The molecule has 1 fully saturated rings. The van der Waals surface area contributed by atoms with Gasteiger partial charge in [0.15, 0.2) is 0 Å². The summed E-state index contributed by atoms with van der Waals surface area (Å²) >= 11 is 0. The summed E-state index contributed by atoms with van der Waals surface area (Å²) in [6, 6.07) is 12.9. The third-order valence-electron chi connectivity index (χ3n) is 4.02. The number of carbonyl (C=O) groups is 1. The number of aliphatic hydroxyl groups is 1. The van der Waals surface area contributed by atoms with Crippen LogP contribution < -0.4 is 4.74 Å². The molecule has 126 valence electrons. The van der Waals surface area contributed by atoms with Gasteiger partial charge in [-0.15, -0.1) is 0 Å². The van der Waals surface area contributed by atoms with Crippen molar-refractivity contribution < 1.29 is 14.6 Å². The minimum absolute atomic E-state index is 0.0163. The molecule has 0 atom stereocenters. The lowest BCUT2D eigenvalue weighted by Crippen LogP contribution is -2.49. The summed E-state index contributed by atoms with van der Waals surface area (Å²) < 4.78 is 5.63. The second-order valence-electron chi connectivity index (χ2n) is 5.66. The van der Waals surface area contributed by atoms with Crippen LogP contribution >= 0.6 is 0 Å². The molecular weight excluding hydrogens is 306 g/mol. The average Bonchev–Trinajstić information content (AvgIpc) is 2.64. The van der Waals surface area contributed by atoms with Crippen molar-refractivity contribution in [1.29, 1.82) is 0 Å². The number of carbonyl (C=O) groups excluding carboxylic acids is 1. The third kappa shape index (κ3) is 4.10. The standard InChI is InChI=1S/C18H21N3O3/c22-13-12-20-8-10-21(11-9-20)18(23)15-6-7-17(19-14-15)24-16-4-2-1-3-5-16/h1-7,14,22H,8-13H2. The molecule has 1 amide bonds. The molecule has 0 aliphatic carbocycles. The molecule has 24 heavy (non-hydrogen) atoms. The number of piperazine rings is 1. The number of β-amino-alcohol motifs (C(OH)–C–C–N with tert-alkyl or cyclic N) is 1. The Hall–Kier alpha value is -2.44. The Bertz CT molecular complexity index is 653. The molecule has 2 aromatic rings. The van der Waals surface area contributed by atoms with Gasteiger partial charge in [-0.25, -0.2) is 4.98 Å². The van der Waals surface area contributed by atoms with Gasteiger partial charge in [-0.1, -0.05) is 18.2 Å². The molecule has 6 nitrogen and oxygen atoms in total. The van der Waals surface area contributed by atoms with Crippen LogP contribution in [0.1, 0.15) is 10.4 Å². The number of amides is 1. The largest absolute Gasteiger partial charge is 0.439 e. The normalized spacial score (nSPS) is 15.3. The van der Waals surface area contributed by atoms with Crippen molar-refractivity contribution in [2.45, 2.75) is 0 Å². The van der Waals surface area contributed by atoms with Crippen LogP contribution in [0.25, 0.3) is 0 Å². The average molecular weight is 327 g/mol. The smallest absolute Gasteiger partial charge is 0.255 e. The summed E-state index contributed by atoms with van der Waals surface area (Å²) in [6.45, 7) is 3.72. The highest BCUT2D eigenvalue weighted by molar-refractivity contribution is 5.94. The van der Waals surface area contributed by atoms with Crippen molar-refractivity contribution in [2.24, 2.45) is 0 Å². The number of aromatic nitrogens is 1. The molecule has 0 unspecified atom stereocenters. The number of pyridine rings is 1. The van der Waals surface area contributed by atoms with Crippen molar-refractivity contribution in [3.8, 4) is 11.6 Å². The van der Waals surface area contributed by atoms with Gasteiger partial charge in [0.05, 0.1) is 12.2 Å². The van der Waals surface area contributed by atoms with Gasteiger partial charge < -0.3 is 14.7 Å². The van der Waals surface area contributed by atoms with Crippen LogP contribution in [0, 0.1) is 0 Å². The molecule has 0 spiro atoms. The quantitative estimate of drug-likeness (QED) is 0.904. The van der Waals surface area contributed by atoms with E-state index in [1.54, 1.807) is 18.3 Å². The fourth-order valence-corrected chi connectivity index (χ4v) is 2.68. The zero-order valence-corrected chi connectivity index (χ0v) is 13.5. The van der Waals surface area contributed by atoms with E-state index in [1.165, 1.54) is 0 Å². The Kier molecular flexibility index (Phi) is 5.40. The van der Waals surface area contributed by atoms with Gasteiger partial charge in [0, 0.05) is 45.0 Å². The Morgan fingerprint density at radius 2 is 1.83 bits per heavy atom. The molecule has 0 bridgehead atoms. The van der Waals surface area contributed by atoms with Gasteiger partial charge in [-0.05, 0) is 18.2 Å². The van der Waals surface area contributed by atoms with Crippen LogP contribution in [0.5, 0.6) is 11.6 Å². The SMILES string of the molecule is O=C(c1ccc(Oc2ccccc2)nc1)N1CCN(CCO)CC1. The number of hydrogen-bond donors (Lipinski definition) is 1. The number of benzene rings is 1. The van der Waals surface area contributed by atoms with Crippen molar-refractivity contribution in [3.05, 3.63) is 54.2 Å². The number of nitrogens with zero attached hydrogens (tertiary/aromatic N) is 3. The van der Waals surface area contributed by atoms with E-state index in [-0.39, 0.29) is 12.5 Å². The summed E-state index contributed by atoms with van der Waals surface area (Å²) in [6.07, 6.45) is 1.56. The highest BCUT2D eigenvalue weighted by Crippen LogP contribution is 2.19. The second-order valence-corrected chi connectivity index (χ2v) is 5.66. The van der Waals surface area contributed by atoms with Crippen LogP contribution in [0.3, 0.4) is 0 Å². The van der Waals surface area contributed by atoms with E-state index in [9.17, 15) is 4.79 Å². The molecular formula is C18H21N3O3. The lowest BCUT2D eigenvalue weighted by Gasteiger charge is -2.34. The number of rotatable bonds is 5. The summed E-state index contributed by atoms with van der Waals surface area (Å²) in [5.74, 6) is 1.16. The zero-order chi connectivity index (χ0) is 16.8. The predicted molar refractivity (Wildman–Crippen MR) is 90.2 cm³/mol. The maximum atomic E-state index is 12.5. The van der Waals surface area contributed by atoms with Crippen LogP contribution in [0.15, 0.2) is 48.7 Å². The topological polar surface area (TPSA) is 65.9 Å². The van der Waals surface area contributed by atoms with Crippen molar-refractivity contribution in [2.75, 3.05) is 39.3 Å². The van der Waals surface area contributed by atoms with E-state index in [4.69, 9.17) is 9.84 Å². The van der Waals surface area contributed by atoms with E-state index < -0.39 is 0 Å². The summed E-state index contributed by atoms with van der Waals surface area (Å²) in [4.78, 5) is 20.7. The van der Waals surface area contributed by atoms with E-state index in [1.807, 2.05) is 35.2 Å². The third-order valence-corrected chi connectivity index (χ3v) is 4.02.